The van der Waals surface area contributed by atoms with Gasteiger partial charge in [0.25, 0.3) is 0 Å². The van der Waals surface area contributed by atoms with Crippen LogP contribution in [0.5, 0.6) is 5.75 Å². The van der Waals surface area contributed by atoms with Crippen molar-refractivity contribution in [2.45, 2.75) is 185 Å². The molecule has 14 atom stereocenters. The van der Waals surface area contributed by atoms with E-state index in [-0.39, 0.29) is 70.9 Å². The molecule has 94 heavy (non-hydrogen) atoms. The number of piperidine rings is 1. The van der Waals surface area contributed by atoms with Gasteiger partial charge in [-0.3, -0.25) is 0 Å². The first-order valence-corrected chi connectivity index (χ1v) is 36.3. The van der Waals surface area contributed by atoms with Crippen molar-refractivity contribution >= 4 is 17.5 Å². The molecule has 6 aliphatic heterocycles. The van der Waals surface area contributed by atoms with Gasteiger partial charge < -0.3 is 51.4 Å². The number of β-amino-alcohol motifs (C(OH)–C–C–N with tert-alkyl or cyclic N) is 1. The van der Waals surface area contributed by atoms with Crippen LogP contribution in [0.25, 0.3) is 16.7 Å². The first-order chi connectivity index (χ1) is 45.6. The van der Waals surface area contributed by atoms with E-state index in [0.717, 1.165) is 149 Å². The van der Waals surface area contributed by atoms with Crippen molar-refractivity contribution in [3.8, 4) is 28.7 Å². The Hall–Kier alpha value is -6.40. The predicted octanol–water partition coefficient (Wildman–Crippen LogP) is 13.5. The molecule has 0 radical (unpaired) electrons. The van der Waals surface area contributed by atoms with Gasteiger partial charge in [0.05, 0.1) is 34.4 Å². The Bertz CT molecular complexity index is 3820. The minimum absolute atomic E-state index is 0.0334. The van der Waals surface area contributed by atoms with E-state index >= 15 is 9.59 Å². The average Bonchev–Trinajstić information content (AvgIpc) is 1.33. The molecule has 2 saturated heterocycles. The standard InChI is InChI=1S/C82H99N5O7/c1-5-35-84-49-54-39-53-26-36-85-67-24-33-80-32-22-63-68(25-31-79(59-27-37-86-70(45-59)83-4)47-58-44-60(81(92)29-11-8-12-30-81)19-14-28-78(3,91)50-87-74(65(58)48-79)57(40-53)41-54)93-76(89)72(63)75(80)82-34-23-66(80)71(64-46-61(88)20-21-62(64)55-17-13-18-56(67)43-55)73(82)77(90)94-69(82)42-51(6-2)38-52-15-9-7-10-16-52/h7,9-10,13,15-18,20-21,24-25,33,39-43,46,51,58-60,65-67,70,74-75,83-88,91-92H,5-6,8,11-12,22-23,26-32,34-38,44-45,47-50H2,1-4H3/b33-24+,68-25-,69-42-/t51-,58+,59-,60+,65-,66+,67+,70-,74+,75+,78-,79-,80+,82+/m1/s1. The number of rotatable bonds is 11. The van der Waals surface area contributed by atoms with Gasteiger partial charge in [-0.2, -0.15) is 0 Å². The molecule has 0 amide bonds. The highest BCUT2D eigenvalue weighted by molar-refractivity contribution is 6.08. The minimum atomic E-state index is -1.12. The van der Waals surface area contributed by atoms with Crippen molar-refractivity contribution < 1.29 is 34.4 Å². The molecule has 4 aromatic carbocycles. The van der Waals surface area contributed by atoms with Crippen molar-refractivity contribution in [2.75, 3.05) is 33.2 Å². The first kappa shape index (κ1) is 63.6. The smallest absolute Gasteiger partial charge is 0.340 e. The number of cyclic esters (lactones) is 1. The summed E-state index contributed by atoms with van der Waals surface area (Å²) in [6.07, 6.45) is 25.8. The molecular formula is C82H99N5O7. The second-order valence-electron chi connectivity index (χ2n) is 30.9. The quantitative estimate of drug-likeness (QED) is 0.0310. The number of aliphatic hydroxyl groups is 2. The summed E-state index contributed by atoms with van der Waals surface area (Å²) in [6, 6.07) is 32.0. The maximum absolute atomic E-state index is 16.1. The van der Waals surface area contributed by atoms with Crippen molar-refractivity contribution in [3.63, 3.8) is 0 Å². The molecule has 7 aliphatic carbocycles. The van der Waals surface area contributed by atoms with Gasteiger partial charge in [0.1, 0.15) is 17.3 Å². The second-order valence-corrected chi connectivity index (χ2v) is 30.9. The van der Waals surface area contributed by atoms with Crippen molar-refractivity contribution in [1.29, 1.82) is 0 Å². The Morgan fingerprint density at radius 2 is 1.67 bits per heavy atom. The molecule has 13 aliphatic rings. The van der Waals surface area contributed by atoms with E-state index in [2.05, 4.69) is 156 Å². The summed E-state index contributed by atoms with van der Waals surface area (Å²) in [5.74, 6) is 7.66. The number of phenols is 1. The van der Waals surface area contributed by atoms with Gasteiger partial charge in [-0.15, -0.1) is 0 Å². The lowest BCUT2D eigenvalue weighted by Crippen LogP contribution is -2.58. The SMILES string of the molecule is CCCNCc1cc2cc(c1)[C@@H]1NC[C@](C)(O)CC#C[C@H](C3(O)CCCCC3)C[C@H]3C[C@]([C@@H]4CCN[C@@H](NC)C4)(C/C=C4\OC(=O)C5=C4CC[C@]46/C=C/[C@H](NCC2)c2cccc(c2)-c2ccc(O)cc2C2=C7C(=O)O/C(=C\[C@H](CC)Cc8ccccc8)[C@]7(CC[C@@H]24)[C@@H]56)C[C@H]31. The van der Waals surface area contributed by atoms with Crippen LogP contribution in [0.15, 0.2) is 144 Å². The molecule has 14 bridgehead atoms. The van der Waals surface area contributed by atoms with Crippen molar-refractivity contribution in [3.05, 3.63) is 177 Å². The summed E-state index contributed by atoms with van der Waals surface area (Å²) in [6.45, 7) is 9.91. The van der Waals surface area contributed by atoms with Crippen LogP contribution in [0.4, 0.5) is 0 Å². The van der Waals surface area contributed by atoms with Gasteiger partial charge in [-0.05, 0) is 245 Å². The van der Waals surface area contributed by atoms with Crippen molar-refractivity contribution in [1.82, 2.24) is 26.6 Å². The lowest BCUT2D eigenvalue weighted by atomic mass is 9.38. The van der Waals surface area contributed by atoms with E-state index in [1.807, 2.05) is 19.1 Å². The molecule has 0 aromatic heterocycles. The Morgan fingerprint density at radius 3 is 2.50 bits per heavy atom. The molecule has 0 unspecified atom stereocenters. The lowest BCUT2D eigenvalue weighted by Gasteiger charge is -2.62. The molecule has 12 heteroatoms. The summed E-state index contributed by atoms with van der Waals surface area (Å²) >= 11 is 0. The number of fused-ring (bicyclic) bond motifs is 9. The Kier molecular flexibility index (Phi) is 17.3. The fourth-order valence-electron chi connectivity index (χ4n) is 20.8. The Balaban J connectivity index is 0.962. The van der Waals surface area contributed by atoms with Crippen LogP contribution in [0.3, 0.4) is 0 Å². The summed E-state index contributed by atoms with van der Waals surface area (Å²) in [4.78, 5) is 31.8. The molecule has 2 spiro atoms. The van der Waals surface area contributed by atoms with E-state index in [4.69, 9.17) is 9.47 Å². The third-order valence-corrected chi connectivity index (χ3v) is 25.2. The van der Waals surface area contributed by atoms with Gasteiger partial charge in [0.15, 0.2) is 0 Å². The zero-order valence-corrected chi connectivity index (χ0v) is 55.9. The van der Waals surface area contributed by atoms with E-state index in [9.17, 15) is 15.3 Å². The lowest BCUT2D eigenvalue weighted by molar-refractivity contribution is -0.135. The zero-order chi connectivity index (χ0) is 64.6. The summed E-state index contributed by atoms with van der Waals surface area (Å²) in [7, 11) is 2.07. The number of hydrogen-bond donors (Lipinski definition) is 8. The van der Waals surface area contributed by atoms with Crippen LogP contribution in [-0.4, -0.2) is 77.9 Å². The maximum Gasteiger partial charge on any atom is 0.340 e. The largest absolute Gasteiger partial charge is 0.508 e. The number of carbonyl (C=O) groups is 2. The van der Waals surface area contributed by atoms with Gasteiger partial charge >= 0.3 is 11.9 Å². The zero-order valence-electron chi connectivity index (χ0n) is 55.9. The second kappa shape index (κ2) is 25.5. The molecule has 4 aromatic rings. The molecule has 494 valence electrons. The molecular weight excluding hydrogens is 1170 g/mol. The van der Waals surface area contributed by atoms with E-state index < -0.39 is 27.9 Å². The Labute approximate surface area is 557 Å². The molecule has 3 saturated carbocycles. The van der Waals surface area contributed by atoms with Crippen LogP contribution in [0.2, 0.25) is 0 Å². The number of hydrogen-bond acceptors (Lipinski definition) is 12. The number of benzene rings is 4. The first-order valence-electron chi connectivity index (χ1n) is 36.3. The highest BCUT2D eigenvalue weighted by Gasteiger charge is 2.73. The van der Waals surface area contributed by atoms with Gasteiger partial charge in [-0.1, -0.05) is 130 Å². The number of ether oxygens (including phenoxy) is 2. The number of aromatic hydroxyl groups is 1. The maximum atomic E-state index is 16.1. The average molecular weight is 1270 g/mol. The molecule has 17 rings (SSSR count). The topological polar surface area (TPSA) is 173 Å². The normalized spacial score (nSPS) is 35.7. The number of phenolic OH excluding ortho intramolecular Hbond substituents is 1. The van der Waals surface area contributed by atoms with Crippen LogP contribution >= 0.6 is 0 Å². The highest BCUT2D eigenvalue weighted by atomic mass is 16.6. The summed E-state index contributed by atoms with van der Waals surface area (Å²) in [5.41, 5.74) is 8.07. The third-order valence-electron chi connectivity index (χ3n) is 25.2. The van der Waals surface area contributed by atoms with Crippen LogP contribution in [0, 0.1) is 69.5 Å². The number of carbonyl (C=O) groups excluding carboxylic acids is 2. The molecule has 6 heterocycles. The van der Waals surface area contributed by atoms with Crippen LogP contribution < -0.4 is 26.6 Å². The van der Waals surface area contributed by atoms with E-state index in [1.165, 1.54) is 22.3 Å². The number of esters is 2. The summed E-state index contributed by atoms with van der Waals surface area (Å²) in [5, 5.41) is 56.6. The summed E-state index contributed by atoms with van der Waals surface area (Å²) < 4.78 is 13.9. The van der Waals surface area contributed by atoms with E-state index in [0.29, 0.717) is 73.8 Å². The van der Waals surface area contributed by atoms with Crippen molar-refractivity contribution in [2.24, 2.45) is 57.7 Å². The number of allylic oxidation sites excluding steroid dienone is 6. The third kappa shape index (κ3) is 11.3. The number of nitrogens with one attached hydrogen (secondary N) is 5. The van der Waals surface area contributed by atoms with Crippen LogP contribution in [-0.2, 0) is 38.4 Å². The predicted molar refractivity (Wildman–Crippen MR) is 369 cm³/mol. The highest BCUT2D eigenvalue weighted by Crippen LogP contribution is 2.77. The van der Waals surface area contributed by atoms with Gasteiger partial charge in [0, 0.05) is 60.5 Å². The van der Waals surface area contributed by atoms with Gasteiger partial charge in [-0.25, -0.2) is 9.59 Å². The molecule has 8 N–H and O–H groups in total. The molecule has 5 fully saturated rings. The van der Waals surface area contributed by atoms with Crippen LogP contribution in [0.1, 0.15) is 182 Å². The van der Waals surface area contributed by atoms with Gasteiger partial charge in [0.2, 0.25) is 0 Å². The van der Waals surface area contributed by atoms with E-state index in [1.54, 1.807) is 6.07 Å². The fraction of sp³-hybridized carbons (Fsp3) is 0.537. The minimum Gasteiger partial charge on any atom is -0.508 e. The monoisotopic (exact) mass is 1270 g/mol. The Morgan fingerprint density at radius 1 is 0.809 bits per heavy atom. The molecule has 12 nitrogen and oxygen atoms in total. The fourth-order valence-corrected chi connectivity index (χ4v) is 20.8.